The van der Waals surface area contributed by atoms with Gasteiger partial charge in [0.05, 0.1) is 15.5 Å². The molecule has 1 heterocycles. The molecule has 6 nitrogen and oxygen atoms in total. The van der Waals surface area contributed by atoms with Crippen LogP contribution in [0.4, 0.5) is 5.69 Å². The van der Waals surface area contributed by atoms with Crippen LogP contribution in [0.1, 0.15) is 21.5 Å². The second kappa shape index (κ2) is 8.63. The number of anilines is 1. The zero-order valence-electron chi connectivity index (χ0n) is 16.0. The van der Waals surface area contributed by atoms with E-state index in [1.54, 1.807) is 49.8 Å². The number of amides is 1. The highest BCUT2D eigenvalue weighted by atomic mass is 35.5. The Kier molecular flexibility index (Phi) is 6.20. The SMILES string of the molecule is Cc1cccc(NS(=O)(=O)c2ccc(Cl)c(C(=O)N(C)Cc3ccncc3)c2)c1. The second-order valence-corrected chi connectivity index (χ2v) is 8.72. The fraction of sp³-hybridized carbons (Fsp3) is 0.143. The molecule has 0 aliphatic heterocycles. The van der Waals surface area contributed by atoms with Crippen LogP contribution in [0.3, 0.4) is 0 Å². The van der Waals surface area contributed by atoms with E-state index in [0.29, 0.717) is 12.2 Å². The maximum atomic E-state index is 12.9. The Morgan fingerprint density at radius 3 is 2.52 bits per heavy atom. The van der Waals surface area contributed by atoms with Gasteiger partial charge in [0.25, 0.3) is 15.9 Å². The summed E-state index contributed by atoms with van der Waals surface area (Å²) in [7, 11) is -2.24. The minimum absolute atomic E-state index is 0.0379. The number of aromatic nitrogens is 1. The van der Waals surface area contributed by atoms with Gasteiger partial charge in [0.1, 0.15) is 0 Å². The predicted octanol–water partition coefficient (Wildman–Crippen LogP) is 4.12. The summed E-state index contributed by atoms with van der Waals surface area (Å²) in [6, 6.07) is 14.7. The topological polar surface area (TPSA) is 79.4 Å². The van der Waals surface area contributed by atoms with E-state index in [-0.39, 0.29) is 21.4 Å². The number of hydrogen-bond donors (Lipinski definition) is 1. The Bertz CT molecular complexity index is 1130. The normalized spacial score (nSPS) is 11.1. The van der Waals surface area contributed by atoms with Crippen molar-refractivity contribution < 1.29 is 13.2 Å². The predicted molar refractivity (Wildman–Crippen MR) is 113 cm³/mol. The lowest BCUT2D eigenvalue weighted by Gasteiger charge is -2.18. The number of hydrogen-bond acceptors (Lipinski definition) is 4. The molecule has 29 heavy (non-hydrogen) atoms. The van der Waals surface area contributed by atoms with Gasteiger partial charge in [-0.05, 0) is 60.5 Å². The number of carbonyl (C=O) groups is 1. The minimum Gasteiger partial charge on any atom is -0.337 e. The van der Waals surface area contributed by atoms with Gasteiger partial charge in [-0.2, -0.15) is 0 Å². The van der Waals surface area contributed by atoms with E-state index in [4.69, 9.17) is 11.6 Å². The summed E-state index contributed by atoms with van der Waals surface area (Å²) in [6.45, 7) is 2.21. The molecule has 2 aromatic carbocycles. The number of pyridine rings is 1. The van der Waals surface area contributed by atoms with Gasteiger partial charge >= 0.3 is 0 Å². The molecule has 1 amide bonds. The molecule has 1 aromatic heterocycles. The Balaban J connectivity index is 1.86. The summed E-state index contributed by atoms with van der Waals surface area (Å²) in [5.41, 5.74) is 2.39. The first-order valence-electron chi connectivity index (χ1n) is 8.80. The van der Waals surface area contributed by atoms with Gasteiger partial charge in [-0.3, -0.25) is 14.5 Å². The molecule has 0 saturated carbocycles. The Morgan fingerprint density at radius 1 is 1.10 bits per heavy atom. The van der Waals surface area contributed by atoms with Gasteiger partial charge in [-0.25, -0.2) is 8.42 Å². The van der Waals surface area contributed by atoms with Crippen LogP contribution in [-0.2, 0) is 16.6 Å². The average Bonchev–Trinajstić information content (AvgIpc) is 2.68. The smallest absolute Gasteiger partial charge is 0.261 e. The summed E-state index contributed by atoms with van der Waals surface area (Å²) in [5.74, 6) is -0.376. The zero-order chi connectivity index (χ0) is 21.0. The van der Waals surface area contributed by atoms with Crippen LogP contribution in [0.15, 0.2) is 71.9 Å². The number of halogens is 1. The van der Waals surface area contributed by atoms with Crippen molar-refractivity contribution in [1.29, 1.82) is 0 Å². The number of carbonyl (C=O) groups excluding carboxylic acids is 1. The van der Waals surface area contributed by atoms with Gasteiger partial charge in [-0.1, -0.05) is 23.7 Å². The molecule has 0 unspecified atom stereocenters. The van der Waals surface area contributed by atoms with E-state index in [9.17, 15) is 13.2 Å². The number of nitrogens with one attached hydrogen (secondary N) is 1. The Labute approximate surface area is 175 Å². The molecule has 0 bridgehead atoms. The number of aryl methyl sites for hydroxylation is 1. The van der Waals surface area contributed by atoms with E-state index in [2.05, 4.69) is 9.71 Å². The minimum atomic E-state index is -3.88. The van der Waals surface area contributed by atoms with Crippen LogP contribution in [0.5, 0.6) is 0 Å². The van der Waals surface area contributed by atoms with Crippen molar-refractivity contribution in [3.8, 4) is 0 Å². The molecular formula is C21H20ClN3O3S. The third kappa shape index (κ3) is 5.13. The molecule has 1 N–H and O–H groups in total. The fourth-order valence-corrected chi connectivity index (χ4v) is 4.07. The van der Waals surface area contributed by atoms with Crippen LogP contribution in [0.25, 0.3) is 0 Å². The second-order valence-electron chi connectivity index (χ2n) is 6.63. The van der Waals surface area contributed by atoms with Crippen LogP contribution in [-0.4, -0.2) is 31.3 Å². The van der Waals surface area contributed by atoms with E-state index in [0.717, 1.165) is 11.1 Å². The maximum Gasteiger partial charge on any atom is 0.261 e. The first-order chi connectivity index (χ1) is 13.8. The molecule has 0 aliphatic carbocycles. The Hall–Kier alpha value is -2.90. The standard InChI is InChI=1S/C21H20ClN3O3S/c1-15-4-3-5-17(12-15)24-29(27,28)18-6-7-20(22)19(13-18)21(26)25(2)14-16-8-10-23-11-9-16/h3-13,24H,14H2,1-2H3. The van der Waals surface area contributed by atoms with Crippen LogP contribution >= 0.6 is 11.6 Å². The molecule has 0 fully saturated rings. The summed E-state index contributed by atoms with van der Waals surface area (Å²) in [6.07, 6.45) is 3.29. The van der Waals surface area contributed by atoms with E-state index >= 15 is 0 Å². The Morgan fingerprint density at radius 2 is 1.83 bits per heavy atom. The van der Waals surface area contributed by atoms with Gasteiger partial charge in [0.2, 0.25) is 0 Å². The van der Waals surface area contributed by atoms with E-state index < -0.39 is 10.0 Å². The maximum absolute atomic E-state index is 12.9. The summed E-state index contributed by atoms with van der Waals surface area (Å²) in [4.78, 5) is 18.2. The molecule has 0 atom stereocenters. The number of benzene rings is 2. The van der Waals surface area contributed by atoms with Crippen molar-refractivity contribution in [2.24, 2.45) is 0 Å². The van der Waals surface area contributed by atoms with Gasteiger partial charge in [0, 0.05) is 31.7 Å². The van der Waals surface area contributed by atoms with Crippen LogP contribution < -0.4 is 4.72 Å². The first-order valence-corrected chi connectivity index (χ1v) is 10.7. The quantitative estimate of drug-likeness (QED) is 0.639. The third-order valence-corrected chi connectivity index (χ3v) is 5.97. The van der Waals surface area contributed by atoms with Crippen molar-refractivity contribution in [1.82, 2.24) is 9.88 Å². The lowest BCUT2D eigenvalue weighted by molar-refractivity contribution is 0.0785. The molecule has 0 radical (unpaired) electrons. The van der Waals surface area contributed by atoms with Crippen LogP contribution in [0.2, 0.25) is 5.02 Å². The molecule has 3 rings (SSSR count). The lowest BCUT2D eigenvalue weighted by Crippen LogP contribution is -2.27. The number of sulfonamides is 1. The van der Waals surface area contributed by atoms with Crippen molar-refractivity contribution in [2.45, 2.75) is 18.4 Å². The summed E-state index contributed by atoms with van der Waals surface area (Å²) in [5, 5.41) is 0.186. The molecule has 0 saturated heterocycles. The fourth-order valence-electron chi connectivity index (χ4n) is 2.80. The van der Waals surface area contributed by atoms with Crippen molar-refractivity contribution in [3.05, 3.63) is 88.7 Å². The largest absolute Gasteiger partial charge is 0.337 e. The molecule has 0 spiro atoms. The van der Waals surface area contributed by atoms with Crippen molar-refractivity contribution in [3.63, 3.8) is 0 Å². The monoisotopic (exact) mass is 429 g/mol. The van der Waals surface area contributed by atoms with E-state index in [1.807, 2.05) is 13.0 Å². The summed E-state index contributed by atoms with van der Waals surface area (Å²) < 4.78 is 28.1. The number of nitrogens with zero attached hydrogens (tertiary/aromatic N) is 2. The highest BCUT2D eigenvalue weighted by molar-refractivity contribution is 7.92. The molecule has 150 valence electrons. The first kappa shape index (κ1) is 20.8. The number of rotatable bonds is 6. The van der Waals surface area contributed by atoms with Crippen LogP contribution in [0, 0.1) is 6.92 Å². The van der Waals surface area contributed by atoms with E-state index in [1.165, 1.54) is 23.1 Å². The van der Waals surface area contributed by atoms with Crippen molar-refractivity contribution >= 4 is 33.2 Å². The van der Waals surface area contributed by atoms with Gasteiger partial charge in [-0.15, -0.1) is 0 Å². The zero-order valence-corrected chi connectivity index (χ0v) is 17.5. The molecule has 8 heteroatoms. The van der Waals surface area contributed by atoms with Crippen molar-refractivity contribution in [2.75, 3.05) is 11.8 Å². The van der Waals surface area contributed by atoms with Gasteiger partial charge in [0.15, 0.2) is 0 Å². The highest BCUT2D eigenvalue weighted by Crippen LogP contribution is 2.24. The summed E-state index contributed by atoms with van der Waals surface area (Å²) >= 11 is 6.20. The molecule has 0 aliphatic rings. The van der Waals surface area contributed by atoms with Gasteiger partial charge < -0.3 is 4.90 Å². The highest BCUT2D eigenvalue weighted by Gasteiger charge is 2.21. The third-order valence-electron chi connectivity index (χ3n) is 4.26. The molecule has 3 aromatic rings. The lowest BCUT2D eigenvalue weighted by atomic mass is 10.2. The molecular weight excluding hydrogens is 410 g/mol. The average molecular weight is 430 g/mol.